The Morgan fingerprint density at radius 1 is 1.47 bits per heavy atom. The fraction of sp³-hybridized carbons (Fsp3) is 0.667. The minimum atomic E-state index is 0.350. The fourth-order valence-corrected chi connectivity index (χ4v) is 1.71. The van der Waals surface area contributed by atoms with Crippen LogP contribution >= 0.6 is 0 Å². The monoisotopic (exact) mass is 238 g/mol. The molecule has 1 unspecified atom stereocenters. The lowest BCUT2D eigenvalue weighted by atomic mass is 10.2. The first kappa shape index (κ1) is 13.7. The van der Waals surface area contributed by atoms with Crippen LogP contribution in [-0.2, 0) is 0 Å². The van der Waals surface area contributed by atoms with Crippen molar-refractivity contribution < 1.29 is 4.74 Å². The van der Waals surface area contributed by atoms with Crippen LogP contribution < -0.4 is 15.4 Å². The first-order valence-electron chi connectivity index (χ1n) is 5.99. The smallest absolute Gasteiger partial charge is 0.221 e. The van der Waals surface area contributed by atoms with Gasteiger partial charge < -0.3 is 15.4 Å². The van der Waals surface area contributed by atoms with Crippen molar-refractivity contribution in [3.8, 4) is 5.88 Å². The van der Waals surface area contributed by atoms with Gasteiger partial charge in [-0.1, -0.05) is 0 Å². The molecule has 1 atom stereocenters. The van der Waals surface area contributed by atoms with Crippen LogP contribution in [0.15, 0.2) is 6.33 Å². The lowest BCUT2D eigenvalue weighted by molar-refractivity contribution is 0.323. The molecule has 0 spiro atoms. The molecule has 5 nitrogen and oxygen atoms in total. The summed E-state index contributed by atoms with van der Waals surface area (Å²) < 4.78 is 5.46. The highest BCUT2D eigenvalue weighted by molar-refractivity contribution is 5.50. The van der Waals surface area contributed by atoms with E-state index in [2.05, 4.69) is 21.8 Å². The van der Waals surface area contributed by atoms with Crippen molar-refractivity contribution in [2.75, 3.05) is 25.1 Å². The van der Waals surface area contributed by atoms with E-state index in [0.717, 1.165) is 17.8 Å². The maximum absolute atomic E-state index is 5.58. The fourth-order valence-electron chi connectivity index (χ4n) is 1.71. The number of hydrogen-bond acceptors (Lipinski definition) is 5. The Morgan fingerprint density at radius 2 is 2.18 bits per heavy atom. The van der Waals surface area contributed by atoms with E-state index in [0.29, 0.717) is 25.1 Å². The molecular formula is C12H22N4O. The van der Waals surface area contributed by atoms with Gasteiger partial charge >= 0.3 is 0 Å². The molecule has 0 aliphatic carbocycles. The third kappa shape index (κ3) is 3.30. The maximum Gasteiger partial charge on any atom is 0.221 e. The van der Waals surface area contributed by atoms with E-state index in [-0.39, 0.29) is 0 Å². The summed E-state index contributed by atoms with van der Waals surface area (Å²) in [5, 5.41) is 0. The molecule has 0 aliphatic heterocycles. The molecule has 0 aliphatic rings. The standard InChI is InChI=1S/C12H22N4O/c1-5-17-12-10(3)11(14-8-15-12)16(4)9(2)6-7-13/h8-9H,5-7,13H2,1-4H3. The van der Waals surface area contributed by atoms with Crippen molar-refractivity contribution in [2.24, 2.45) is 5.73 Å². The van der Waals surface area contributed by atoms with Crippen LogP contribution in [0.4, 0.5) is 5.82 Å². The third-order valence-electron chi connectivity index (χ3n) is 2.87. The number of rotatable bonds is 6. The Morgan fingerprint density at radius 3 is 2.76 bits per heavy atom. The highest BCUT2D eigenvalue weighted by atomic mass is 16.5. The van der Waals surface area contributed by atoms with Crippen molar-refractivity contribution in [3.63, 3.8) is 0 Å². The molecule has 17 heavy (non-hydrogen) atoms. The van der Waals surface area contributed by atoms with Gasteiger partial charge in [-0.25, -0.2) is 9.97 Å². The van der Waals surface area contributed by atoms with E-state index in [1.165, 1.54) is 0 Å². The highest BCUT2D eigenvalue weighted by Gasteiger charge is 2.15. The number of aromatic nitrogens is 2. The Bertz CT molecular complexity index is 356. The van der Waals surface area contributed by atoms with Gasteiger partial charge in [0.15, 0.2) is 0 Å². The molecule has 0 bridgehead atoms. The zero-order chi connectivity index (χ0) is 12.8. The summed E-state index contributed by atoms with van der Waals surface area (Å²) >= 11 is 0. The molecule has 1 aromatic heterocycles. The molecule has 0 fully saturated rings. The van der Waals surface area contributed by atoms with Gasteiger partial charge in [-0.2, -0.15) is 0 Å². The van der Waals surface area contributed by atoms with E-state index < -0.39 is 0 Å². The molecule has 0 aromatic carbocycles. The van der Waals surface area contributed by atoms with E-state index in [1.807, 2.05) is 20.9 Å². The van der Waals surface area contributed by atoms with Gasteiger partial charge in [-0.15, -0.1) is 0 Å². The van der Waals surface area contributed by atoms with Gasteiger partial charge in [0.25, 0.3) is 0 Å². The Balaban J connectivity index is 2.93. The Kier molecular flexibility index (Phi) is 5.15. The third-order valence-corrected chi connectivity index (χ3v) is 2.87. The predicted octanol–water partition coefficient (Wildman–Crippen LogP) is 1.36. The predicted molar refractivity (Wildman–Crippen MR) is 69.5 cm³/mol. The summed E-state index contributed by atoms with van der Waals surface area (Å²) in [5.41, 5.74) is 6.55. The average molecular weight is 238 g/mol. The Hall–Kier alpha value is -1.36. The SMILES string of the molecule is CCOc1ncnc(N(C)C(C)CCN)c1C. The maximum atomic E-state index is 5.58. The average Bonchev–Trinajstić information content (AvgIpc) is 2.31. The summed E-state index contributed by atoms with van der Waals surface area (Å²) in [6.45, 7) is 7.34. The van der Waals surface area contributed by atoms with Crippen LogP contribution in [0.25, 0.3) is 0 Å². The molecule has 0 saturated carbocycles. The summed E-state index contributed by atoms with van der Waals surface area (Å²) in [7, 11) is 2.02. The van der Waals surface area contributed by atoms with Gasteiger partial charge in [0.2, 0.25) is 5.88 Å². The molecule has 5 heteroatoms. The summed E-state index contributed by atoms with van der Waals surface area (Å²) in [6.07, 6.45) is 2.48. The molecule has 1 heterocycles. The summed E-state index contributed by atoms with van der Waals surface area (Å²) in [4.78, 5) is 10.6. The van der Waals surface area contributed by atoms with Crippen LogP contribution in [0.2, 0.25) is 0 Å². The minimum Gasteiger partial charge on any atom is -0.478 e. The van der Waals surface area contributed by atoms with Crippen LogP contribution in [0.1, 0.15) is 25.8 Å². The molecule has 0 saturated heterocycles. The second-order valence-corrected chi connectivity index (χ2v) is 4.10. The lowest BCUT2D eigenvalue weighted by Gasteiger charge is -2.27. The quantitative estimate of drug-likeness (QED) is 0.810. The van der Waals surface area contributed by atoms with Crippen molar-refractivity contribution in [1.82, 2.24) is 9.97 Å². The normalized spacial score (nSPS) is 12.3. The number of anilines is 1. The zero-order valence-electron chi connectivity index (χ0n) is 11.1. The molecule has 0 radical (unpaired) electrons. The second-order valence-electron chi connectivity index (χ2n) is 4.10. The molecule has 2 N–H and O–H groups in total. The van der Waals surface area contributed by atoms with Crippen molar-refractivity contribution in [3.05, 3.63) is 11.9 Å². The summed E-state index contributed by atoms with van der Waals surface area (Å²) in [5.74, 6) is 1.56. The van der Waals surface area contributed by atoms with Crippen LogP contribution in [0.5, 0.6) is 5.88 Å². The minimum absolute atomic E-state index is 0.350. The van der Waals surface area contributed by atoms with Gasteiger partial charge in [0, 0.05) is 13.1 Å². The number of nitrogens with two attached hydrogens (primary N) is 1. The first-order chi connectivity index (χ1) is 8.11. The van der Waals surface area contributed by atoms with Crippen LogP contribution in [0, 0.1) is 6.92 Å². The molecular weight excluding hydrogens is 216 g/mol. The van der Waals surface area contributed by atoms with Gasteiger partial charge in [-0.3, -0.25) is 0 Å². The Labute approximate surface area is 103 Å². The van der Waals surface area contributed by atoms with Crippen molar-refractivity contribution >= 4 is 5.82 Å². The highest BCUT2D eigenvalue weighted by Crippen LogP contribution is 2.24. The topological polar surface area (TPSA) is 64.3 Å². The van der Waals surface area contributed by atoms with Crippen molar-refractivity contribution in [1.29, 1.82) is 0 Å². The van der Waals surface area contributed by atoms with E-state index in [9.17, 15) is 0 Å². The van der Waals surface area contributed by atoms with Crippen LogP contribution in [0.3, 0.4) is 0 Å². The number of hydrogen-bond donors (Lipinski definition) is 1. The first-order valence-corrected chi connectivity index (χ1v) is 5.99. The van der Waals surface area contributed by atoms with Crippen LogP contribution in [-0.4, -0.2) is 36.2 Å². The van der Waals surface area contributed by atoms with E-state index in [4.69, 9.17) is 10.5 Å². The van der Waals surface area contributed by atoms with Gasteiger partial charge in [0.05, 0.1) is 12.2 Å². The number of nitrogens with zero attached hydrogens (tertiary/aromatic N) is 3. The molecule has 0 amide bonds. The van der Waals surface area contributed by atoms with Gasteiger partial charge in [-0.05, 0) is 33.7 Å². The largest absolute Gasteiger partial charge is 0.478 e. The van der Waals surface area contributed by atoms with Gasteiger partial charge in [0.1, 0.15) is 12.1 Å². The van der Waals surface area contributed by atoms with E-state index in [1.54, 1.807) is 6.33 Å². The number of ether oxygens (including phenoxy) is 1. The lowest BCUT2D eigenvalue weighted by Crippen LogP contribution is -2.32. The molecule has 1 rings (SSSR count). The summed E-state index contributed by atoms with van der Waals surface area (Å²) in [6, 6.07) is 0.350. The van der Waals surface area contributed by atoms with Crippen molar-refractivity contribution in [2.45, 2.75) is 33.2 Å². The second kappa shape index (κ2) is 6.39. The molecule has 96 valence electrons. The van der Waals surface area contributed by atoms with E-state index >= 15 is 0 Å². The zero-order valence-corrected chi connectivity index (χ0v) is 11.1. The molecule has 1 aromatic rings.